The summed E-state index contributed by atoms with van der Waals surface area (Å²) in [7, 11) is 2.05. The highest BCUT2D eigenvalue weighted by molar-refractivity contribution is 5.55. The van der Waals surface area contributed by atoms with Crippen LogP contribution >= 0.6 is 0 Å². The molecule has 19 heavy (non-hydrogen) atoms. The number of hydrogen-bond acceptors (Lipinski definition) is 3. The number of rotatable bonds is 3. The highest BCUT2D eigenvalue weighted by atomic mass is 15.2. The summed E-state index contributed by atoms with van der Waals surface area (Å²) in [6.45, 7) is 4.29. The predicted octanol–water partition coefficient (Wildman–Crippen LogP) is 1.42. The van der Waals surface area contributed by atoms with Gasteiger partial charge in [-0.25, -0.2) is 4.98 Å². The van der Waals surface area contributed by atoms with Crippen molar-refractivity contribution in [2.45, 2.75) is 6.42 Å². The Balaban J connectivity index is 1.86. The molecule has 100 valence electrons. The molecule has 1 saturated heterocycles. The maximum Gasteiger partial charge on any atom is 0.112 e. The Bertz CT molecular complexity index is 541. The van der Waals surface area contributed by atoms with Gasteiger partial charge < -0.3 is 14.8 Å². The third-order valence-corrected chi connectivity index (χ3v) is 3.72. The van der Waals surface area contributed by atoms with Crippen LogP contribution in [0.1, 0.15) is 11.4 Å². The Morgan fingerprint density at radius 2 is 2.00 bits per heavy atom. The first-order chi connectivity index (χ1) is 9.34. The maximum atomic E-state index is 4.43. The minimum Gasteiger partial charge on any atom is -0.369 e. The second-order valence-electron chi connectivity index (χ2n) is 5.00. The summed E-state index contributed by atoms with van der Waals surface area (Å²) in [6, 6.07) is 8.68. The molecule has 1 N–H and O–H groups in total. The first-order valence-electron chi connectivity index (χ1n) is 6.84. The van der Waals surface area contributed by atoms with Crippen LogP contribution in [0.2, 0.25) is 0 Å². The number of aryl methyl sites for hydroxylation is 1. The number of para-hydroxylation sites is 1. The summed E-state index contributed by atoms with van der Waals surface area (Å²) in [5.74, 6) is 1.11. The van der Waals surface area contributed by atoms with E-state index in [4.69, 9.17) is 0 Å². The molecule has 1 aromatic carbocycles. The van der Waals surface area contributed by atoms with E-state index in [0.717, 1.165) is 38.4 Å². The second kappa shape index (κ2) is 5.45. The van der Waals surface area contributed by atoms with Crippen LogP contribution in [0.15, 0.2) is 36.7 Å². The van der Waals surface area contributed by atoms with Gasteiger partial charge in [0.25, 0.3) is 0 Å². The molecule has 0 saturated carbocycles. The molecule has 0 aliphatic carbocycles. The zero-order valence-electron chi connectivity index (χ0n) is 11.3. The molecule has 3 rings (SSSR count). The van der Waals surface area contributed by atoms with E-state index in [-0.39, 0.29) is 0 Å². The van der Waals surface area contributed by atoms with Crippen LogP contribution in [0, 0.1) is 0 Å². The van der Waals surface area contributed by atoms with Crippen molar-refractivity contribution in [1.29, 1.82) is 0 Å². The normalized spacial score (nSPS) is 15.7. The minimum atomic E-state index is 0.892. The van der Waals surface area contributed by atoms with E-state index in [2.05, 4.69) is 51.1 Å². The van der Waals surface area contributed by atoms with Crippen molar-refractivity contribution in [3.05, 3.63) is 48.0 Å². The van der Waals surface area contributed by atoms with Crippen LogP contribution in [0.25, 0.3) is 0 Å². The SMILES string of the molecule is Cn1ccnc1Cc1ccccc1N1CCNCC1. The quantitative estimate of drug-likeness (QED) is 0.901. The third-order valence-electron chi connectivity index (χ3n) is 3.72. The number of anilines is 1. The van der Waals surface area contributed by atoms with Gasteiger partial charge in [-0.2, -0.15) is 0 Å². The summed E-state index contributed by atoms with van der Waals surface area (Å²) in [5, 5.41) is 3.40. The van der Waals surface area contributed by atoms with Crippen LogP contribution in [-0.4, -0.2) is 35.7 Å². The minimum absolute atomic E-state index is 0.892. The first-order valence-corrected chi connectivity index (χ1v) is 6.84. The molecule has 0 spiro atoms. The Morgan fingerprint density at radius 1 is 1.21 bits per heavy atom. The number of piperazine rings is 1. The van der Waals surface area contributed by atoms with E-state index in [1.165, 1.54) is 11.3 Å². The average Bonchev–Trinajstić information content (AvgIpc) is 2.86. The molecule has 1 aliphatic heterocycles. The molecule has 2 heterocycles. The smallest absolute Gasteiger partial charge is 0.112 e. The standard InChI is InChI=1S/C15H20N4/c1-18-9-8-17-15(18)12-13-4-2-3-5-14(13)19-10-6-16-7-11-19/h2-5,8-9,16H,6-7,10-12H2,1H3. The molecule has 0 bridgehead atoms. The van der Waals surface area contributed by atoms with Gasteiger partial charge in [-0.15, -0.1) is 0 Å². The molecule has 0 amide bonds. The van der Waals surface area contributed by atoms with Gasteiger partial charge in [0.2, 0.25) is 0 Å². The van der Waals surface area contributed by atoms with E-state index < -0.39 is 0 Å². The van der Waals surface area contributed by atoms with Crippen molar-refractivity contribution < 1.29 is 0 Å². The lowest BCUT2D eigenvalue weighted by Gasteiger charge is -2.31. The predicted molar refractivity (Wildman–Crippen MR) is 77.5 cm³/mol. The van der Waals surface area contributed by atoms with Crippen molar-refractivity contribution in [3.63, 3.8) is 0 Å². The molecule has 2 aromatic rings. The topological polar surface area (TPSA) is 33.1 Å². The molecular formula is C15H20N4. The fraction of sp³-hybridized carbons (Fsp3) is 0.400. The fourth-order valence-electron chi connectivity index (χ4n) is 2.61. The number of hydrogen-bond donors (Lipinski definition) is 1. The maximum absolute atomic E-state index is 4.43. The Labute approximate surface area is 114 Å². The lowest BCUT2D eigenvalue weighted by molar-refractivity contribution is 0.588. The largest absolute Gasteiger partial charge is 0.369 e. The van der Waals surface area contributed by atoms with E-state index in [9.17, 15) is 0 Å². The molecule has 4 heteroatoms. The van der Waals surface area contributed by atoms with Crippen molar-refractivity contribution in [2.75, 3.05) is 31.1 Å². The number of benzene rings is 1. The van der Waals surface area contributed by atoms with Gasteiger partial charge in [0, 0.05) is 57.7 Å². The van der Waals surface area contributed by atoms with Crippen LogP contribution in [0.3, 0.4) is 0 Å². The number of nitrogens with one attached hydrogen (secondary N) is 1. The van der Waals surface area contributed by atoms with E-state index in [1.807, 2.05) is 12.4 Å². The molecule has 1 aromatic heterocycles. The molecule has 0 atom stereocenters. The summed E-state index contributed by atoms with van der Waals surface area (Å²) in [4.78, 5) is 6.90. The first kappa shape index (κ1) is 12.2. The van der Waals surface area contributed by atoms with Gasteiger partial charge in [-0.3, -0.25) is 0 Å². The van der Waals surface area contributed by atoms with Crippen molar-refractivity contribution in [1.82, 2.24) is 14.9 Å². The van der Waals surface area contributed by atoms with Gasteiger partial charge in [-0.05, 0) is 11.6 Å². The molecule has 0 radical (unpaired) electrons. The molecule has 1 aliphatic rings. The van der Waals surface area contributed by atoms with E-state index >= 15 is 0 Å². The lowest BCUT2D eigenvalue weighted by atomic mass is 10.1. The third kappa shape index (κ3) is 2.63. The summed E-state index contributed by atoms with van der Waals surface area (Å²) in [6.07, 6.45) is 4.76. The van der Waals surface area contributed by atoms with E-state index in [0.29, 0.717) is 0 Å². The summed E-state index contributed by atoms with van der Waals surface area (Å²) in [5.41, 5.74) is 2.71. The number of nitrogens with zero attached hydrogens (tertiary/aromatic N) is 3. The van der Waals surface area contributed by atoms with Crippen molar-refractivity contribution in [2.24, 2.45) is 7.05 Å². The van der Waals surface area contributed by atoms with E-state index in [1.54, 1.807) is 0 Å². The van der Waals surface area contributed by atoms with Gasteiger partial charge in [-0.1, -0.05) is 18.2 Å². The highest BCUT2D eigenvalue weighted by Gasteiger charge is 2.14. The average molecular weight is 256 g/mol. The zero-order valence-corrected chi connectivity index (χ0v) is 11.3. The Kier molecular flexibility index (Phi) is 3.51. The van der Waals surface area contributed by atoms with Crippen molar-refractivity contribution >= 4 is 5.69 Å². The number of aromatic nitrogens is 2. The monoisotopic (exact) mass is 256 g/mol. The zero-order chi connectivity index (χ0) is 13.1. The van der Waals surface area contributed by atoms with Gasteiger partial charge in [0.15, 0.2) is 0 Å². The highest BCUT2D eigenvalue weighted by Crippen LogP contribution is 2.23. The van der Waals surface area contributed by atoms with Gasteiger partial charge >= 0.3 is 0 Å². The molecule has 4 nitrogen and oxygen atoms in total. The Hall–Kier alpha value is -1.81. The van der Waals surface area contributed by atoms with Gasteiger partial charge in [0.1, 0.15) is 5.82 Å². The van der Waals surface area contributed by atoms with Crippen LogP contribution < -0.4 is 10.2 Å². The van der Waals surface area contributed by atoms with Crippen LogP contribution in [0.4, 0.5) is 5.69 Å². The Morgan fingerprint density at radius 3 is 2.74 bits per heavy atom. The fourth-order valence-corrected chi connectivity index (χ4v) is 2.61. The van der Waals surface area contributed by atoms with Crippen molar-refractivity contribution in [3.8, 4) is 0 Å². The van der Waals surface area contributed by atoms with Gasteiger partial charge in [0.05, 0.1) is 0 Å². The second-order valence-corrected chi connectivity index (χ2v) is 5.00. The van der Waals surface area contributed by atoms with Crippen LogP contribution in [-0.2, 0) is 13.5 Å². The lowest BCUT2D eigenvalue weighted by Crippen LogP contribution is -2.43. The number of imidazole rings is 1. The van der Waals surface area contributed by atoms with Crippen LogP contribution in [0.5, 0.6) is 0 Å². The molecular weight excluding hydrogens is 236 g/mol. The molecule has 0 unspecified atom stereocenters. The summed E-state index contributed by atoms with van der Waals surface area (Å²) >= 11 is 0. The summed E-state index contributed by atoms with van der Waals surface area (Å²) < 4.78 is 2.09. The molecule has 1 fully saturated rings.